The number of fused-ring (bicyclic) bond motifs is 1. The summed E-state index contributed by atoms with van der Waals surface area (Å²) in [5, 5.41) is 5.70. The Hall–Kier alpha value is -3.71. The van der Waals surface area contributed by atoms with Crippen LogP contribution in [0, 0.1) is 6.92 Å². The number of benzene rings is 1. The number of anilines is 1. The summed E-state index contributed by atoms with van der Waals surface area (Å²) in [4.78, 5) is 22.1. The monoisotopic (exact) mass is 414 g/mol. The Kier molecular flexibility index (Phi) is 4.65. The fourth-order valence-corrected chi connectivity index (χ4v) is 4.10. The van der Waals surface area contributed by atoms with Crippen molar-refractivity contribution in [3.8, 4) is 22.0 Å². The molecule has 5 rings (SSSR count). The summed E-state index contributed by atoms with van der Waals surface area (Å²) >= 11 is 1.46. The van der Waals surface area contributed by atoms with E-state index >= 15 is 0 Å². The summed E-state index contributed by atoms with van der Waals surface area (Å²) in [7, 11) is 0. The molecule has 0 saturated heterocycles. The van der Waals surface area contributed by atoms with Crippen molar-refractivity contribution in [2.45, 2.75) is 13.3 Å². The number of nitrogens with one attached hydrogen (secondary N) is 1. The molecule has 30 heavy (non-hydrogen) atoms. The Balaban J connectivity index is 1.45. The number of carbonyl (C=O) groups is 1. The quantitative estimate of drug-likeness (QED) is 0.429. The molecule has 0 atom stereocenters. The lowest BCUT2D eigenvalue weighted by Crippen LogP contribution is -2.16. The first kappa shape index (κ1) is 18.3. The van der Waals surface area contributed by atoms with Crippen LogP contribution in [0.1, 0.15) is 11.3 Å². The summed E-state index contributed by atoms with van der Waals surface area (Å²) in [6.07, 6.45) is 3.76. The highest BCUT2D eigenvalue weighted by atomic mass is 32.1. The number of thiazole rings is 1. The fraction of sp³-hybridized carbons (Fsp3) is 0.0870. The SMILES string of the molecule is Cc1ccc2nc(-c3ccccc3)c(NC(=O)Cc3csc(-c4ccco4)n3)n2c1. The molecule has 0 saturated carbocycles. The first-order valence-electron chi connectivity index (χ1n) is 9.49. The van der Waals surface area contributed by atoms with Crippen LogP contribution in [-0.4, -0.2) is 20.3 Å². The molecule has 0 unspecified atom stereocenters. The molecular formula is C23H18N4O2S. The van der Waals surface area contributed by atoms with Gasteiger partial charge in [-0.3, -0.25) is 9.20 Å². The highest BCUT2D eigenvalue weighted by molar-refractivity contribution is 7.13. The molecule has 6 nitrogen and oxygen atoms in total. The van der Waals surface area contributed by atoms with Gasteiger partial charge in [-0.2, -0.15) is 0 Å². The van der Waals surface area contributed by atoms with Crippen LogP contribution in [0.2, 0.25) is 0 Å². The van der Waals surface area contributed by atoms with E-state index in [-0.39, 0.29) is 12.3 Å². The molecule has 0 spiro atoms. The van der Waals surface area contributed by atoms with Crippen LogP contribution in [-0.2, 0) is 11.2 Å². The number of rotatable bonds is 5. The first-order valence-corrected chi connectivity index (χ1v) is 10.4. The van der Waals surface area contributed by atoms with Crippen LogP contribution < -0.4 is 5.32 Å². The van der Waals surface area contributed by atoms with Crippen molar-refractivity contribution in [3.63, 3.8) is 0 Å². The van der Waals surface area contributed by atoms with Crippen molar-refractivity contribution in [2.75, 3.05) is 5.32 Å². The van der Waals surface area contributed by atoms with Crippen LogP contribution in [0.4, 0.5) is 5.82 Å². The van der Waals surface area contributed by atoms with Gasteiger partial charge in [-0.05, 0) is 30.7 Å². The molecule has 5 aromatic rings. The van der Waals surface area contributed by atoms with Crippen LogP contribution in [0.3, 0.4) is 0 Å². The number of hydrogen-bond acceptors (Lipinski definition) is 5. The molecule has 0 aliphatic rings. The van der Waals surface area contributed by atoms with Crippen molar-refractivity contribution in [1.29, 1.82) is 0 Å². The molecule has 148 valence electrons. The molecule has 4 heterocycles. The van der Waals surface area contributed by atoms with Gasteiger partial charge in [0.2, 0.25) is 5.91 Å². The molecule has 0 aliphatic heterocycles. The number of pyridine rings is 1. The number of imidazole rings is 1. The molecule has 7 heteroatoms. The van der Waals surface area contributed by atoms with Crippen LogP contribution in [0.5, 0.6) is 0 Å². The first-order chi connectivity index (χ1) is 14.7. The lowest BCUT2D eigenvalue weighted by atomic mass is 10.1. The highest BCUT2D eigenvalue weighted by Crippen LogP contribution is 2.29. The number of furan rings is 1. The van der Waals surface area contributed by atoms with E-state index in [9.17, 15) is 4.79 Å². The molecule has 0 aliphatic carbocycles. The third kappa shape index (κ3) is 3.51. The van der Waals surface area contributed by atoms with E-state index in [2.05, 4.69) is 10.3 Å². The minimum atomic E-state index is -0.146. The zero-order valence-electron chi connectivity index (χ0n) is 16.2. The number of carbonyl (C=O) groups excluding carboxylic acids is 1. The Labute approximate surface area is 176 Å². The van der Waals surface area contributed by atoms with Crippen molar-refractivity contribution < 1.29 is 9.21 Å². The van der Waals surface area contributed by atoms with Crippen molar-refractivity contribution in [2.24, 2.45) is 0 Å². The number of hydrogen-bond donors (Lipinski definition) is 1. The van der Waals surface area contributed by atoms with E-state index in [1.807, 2.05) is 77.5 Å². The van der Waals surface area contributed by atoms with Gasteiger partial charge in [0.1, 0.15) is 17.2 Å². The standard InChI is InChI=1S/C23H18N4O2S/c1-15-9-10-19-25-21(16-6-3-2-4-7-16)22(27(19)13-15)26-20(28)12-17-14-30-23(24-17)18-8-5-11-29-18/h2-11,13-14H,12H2,1H3,(H,26,28). The van der Waals surface area contributed by atoms with Gasteiger partial charge < -0.3 is 9.73 Å². The van der Waals surface area contributed by atoms with Gasteiger partial charge in [-0.15, -0.1) is 11.3 Å². The largest absolute Gasteiger partial charge is 0.462 e. The van der Waals surface area contributed by atoms with Gasteiger partial charge in [0.15, 0.2) is 10.8 Å². The van der Waals surface area contributed by atoms with Gasteiger partial charge in [0.05, 0.1) is 18.4 Å². The van der Waals surface area contributed by atoms with E-state index in [0.717, 1.165) is 27.5 Å². The molecule has 0 radical (unpaired) electrons. The number of nitrogens with zero attached hydrogens (tertiary/aromatic N) is 3. The summed E-state index contributed by atoms with van der Waals surface area (Å²) in [6, 6.07) is 17.5. The summed E-state index contributed by atoms with van der Waals surface area (Å²) < 4.78 is 7.30. The zero-order valence-corrected chi connectivity index (χ0v) is 17.0. The number of aromatic nitrogens is 3. The van der Waals surface area contributed by atoms with Crippen LogP contribution >= 0.6 is 11.3 Å². The lowest BCUT2D eigenvalue weighted by Gasteiger charge is -2.08. The fourth-order valence-electron chi connectivity index (χ4n) is 3.31. The smallest absolute Gasteiger partial charge is 0.231 e. The molecule has 1 N–H and O–H groups in total. The maximum atomic E-state index is 12.9. The lowest BCUT2D eigenvalue weighted by molar-refractivity contribution is -0.115. The average molecular weight is 414 g/mol. The predicted molar refractivity (Wildman–Crippen MR) is 118 cm³/mol. The Morgan fingerprint density at radius 1 is 1.10 bits per heavy atom. The van der Waals surface area contributed by atoms with Gasteiger partial charge in [-0.1, -0.05) is 36.4 Å². The van der Waals surface area contributed by atoms with Crippen LogP contribution in [0.25, 0.3) is 27.7 Å². The van der Waals surface area contributed by atoms with Crippen molar-refractivity contribution in [1.82, 2.24) is 14.4 Å². The van der Waals surface area contributed by atoms with Gasteiger partial charge in [0.25, 0.3) is 0 Å². The van der Waals surface area contributed by atoms with Gasteiger partial charge >= 0.3 is 0 Å². The highest BCUT2D eigenvalue weighted by Gasteiger charge is 2.18. The predicted octanol–water partition coefficient (Wildman–Crippen LogP) is 5.21. The zero-order chi connectivity index (χ0) is 20.5. The second-order valence-electron chi connectivity index (χ2n) is 6.96. The molecule has 4 aromatic heterocycles. The molecule has 0 fully saturated rings. The Morgan fingerprint density at radius 2 is 1.97 bits per heavy atom. The van der Waals surface area contributed by atoms with Gasteiger partial charge in [0, 0.05) is 17.1 Å². The molecule has 1 aromatic carbocycles. The van der Waals surface area contributed by atoms with Crippen LogP contribution in [0.15, 0.2) is 76.9 Å². The molecule has 0 bridgehead atoms. The van der Waals surface area contributed by atoms with E-state index < -0.39 is 0 Å². The maximum absolute atomic E-state index is 12.9. The van der Waals surface area contributed by atoms with E-state index in [1.165, 1.54) is 11.3 Å². The second-order valence-corrected chi connectivity index (χ2v) is 7.81. The normalized spacial score (nSPS) is 11.1. The molecular weight excluding hydrogens is 396 g/mol. The van der Waals surface area contributed by atoms with Crippen molar-refractivity contribution >= 4 is 28.7 Å². The third-order valence-electron chi connectivity index (χ3n) is 4.70. The minimum Gasteiger partial charge on any atom is -0.462 e. The second kappa shape index (κ2) is 7.61. The Morgan fingerprint density at radius 3 is 2.77 bits per heavy atom. The topological polar surface area (TPSA) is 72.4 Å². The molecule has 1 amide bonds. The van der Waals surface area contributed by atoms with Crippen molar-refractivity contribution in [3.05, 3.63) is 83.7 Å². The summed E-state index contributed by atoms with van der Waals surface area (Å²) in [5.41, 5.74) is 4.25. The third-order valence-corrected chi connectivity index (χ3v) is 5.60. The van der Waals surface area contributed by atoms with Gasteiger partial charge in [-0.25, -0.2) is 9.97 Å². The number of amides is 1. The number of aryl methyl sites for hydroxylation is 1. The minimum absolute atomic E-state index is 0.146. The van der Waals surface area contributed by atoms with E-state index in [4.69, 9.17) is 9.40 Å². The summed E-state index contributed by atoms with van der Waals surface area (Å²) in [6.45, 7) is 2.01. The summed E-state index contributed by atoms with van der Waals surface area (Å²) in [5.74, 6) is 1.22. The van der Waals surface area contributed by atoms with E-state index in [0.29, 0.717) is 17.3 Å². The maximum Gasteiger partial charge on any atom is 0.231 e. The van der Waals surface area contributed by atoms with E-state index in [1.54, 1.807) is 6.26 Å². The Bertz CT molecular complexity index is 1320. The average Bonchev–Trinajstić information content (AvgIpc) is 3.49.